The van der Waals surface area contributed by atoms with Crippen molar-refractivity contribution < 1.29 is 9.90 Å². The molecule has 0 bridgehead atoms. The van der Waals surface area contributed by atoms with Crippen molar-refractivity contribution in [3.63, 3.8) is 0 Å². The maximum Gasteiger partial charge on any atom is 0.256 e. The van der Waals surface area contributed by atoms with Crippen LogP contribution in [0.25, 0.3) is 0 Å². The monoisotopic (exact) mass is 390 g/mol. The SMILES string of the molecule is CC(=O)N1CCCCC(O)(CN2CCC(Cn3cnc(C)c(C)c3=O)CC2)C1. The van der Waals surface area contributed by atoms with Gasteiger partial charge in [-0.25, -0.2) is 4.98 Å². The summed E-state index contributed by atoms with van der Waals surface area (Å²) in [6, 6.07) is 0. The summed E-state index contributed by atoms with van der Waals surface area (Å²) >= 11 is 0. The molecule has 28 heavy (non-hydrogen) atoms. The van der Waals surface area contributed by atoms with Crippen LogP contribution >= 0.6 is 0 Å². The van der Waals surface area contributed by atoms with E-state index in [4.69, 9.17) is 0 Å². The Hall–Kier alpha value is -1.73. The molecule has 1 aromatic heterocycles. The predicted octanol–water partition coefficient (Wildman–Crippen LogP) is 1.34. The van der Waals surface area contributed by atoms with Gasteiger partial charge in [-0.2, -0.15) is 0 Å². The van der Waals surface area contributed by atoms with Crippen molar-refractivity contribution in [3.05, 3.63) is 27.9 Å². The Balaban J connectivity index is 1.54. The molecule has 7 heteroatoms. The zero-order chi connectivity index (χ0) is 20.3. The zero-order valence-electron chi connectivity index (χ0n) is 17.5. The minimum atomic E-state index is -0.816. The first-order chi connectivity index (χ1) is 13.3. The fraction of sp³-hybridized carbons (Fsp3) is 0.762. The predicted molar refractivity (Wildman–Crippen MR) is 108 cm³/mol. The Morgan fingerprint density at radius 1 is 1.25 bits per heavy atom. The van der Waals surface area contributed by atoms with Gasteiger partial charge in [0.2, 0.25) is 5.91 Å². The van der Waals surface area contributed by atoms with Gasteiger partial charge in [0.25, 0.3) is 5.56 Å². The molecule has 2 fully saturated rings. The number of piperidine rings is 1. The van der Waals surface area contributed by atoms with E-state index in [1.54, 1.807) is 22.7 Å². The number of aliphatic hydroxyl groups is 1. The van der Waals surface area contributed by atoms with E-state index in [-0.39, 0.29) is 11.5 Å². The second-order valence-electron chi connectivity index (χ2n) is 8.75. The highest BCUT2D eigenvalue weighted by Crippen LogP contribution is 2.25. The van der Waals surface area contributed by atoms with Gasteiger partial charge in [-0.15, -0.1) is 0 Å². The molecule has 1 amide bonds. The summed E-state index contributed by atoms with van der Waals surface area (Å²) in [5.74, 6) is 0.502. The maximum atomic E-state index is 12.4. The largest absolute Gasteiger partial charge is 0.387 e. The highest BCUT2D eigenvalue weighted by molar-refractivity contribution is 5.73. The van der Waals surface area contributed by atoms with E-state index in [0.29, 0.717) is 25.6 Å². The third kappa shape index (κ3) is 5.00. The molecule has 0 saturated carbocycles. The van der Waals surface area contributed by atoms with E-state index in [2.05, 4.69) is 9.88 Å². The Kier molecular flexibility index (Phi) is 6.55. The Morgan fingerprint density at radius 3 is 2.64 bits per heavy atom. The summed E-state index contributed by atoms with van der Waals surface area (Å²) in [7, 11) is 0. The lowest BCUT2D eigenvalue weighted by Gasteiger charge is -2.39. The quantitative estimate of drug-likeness (QED) is 0.839. The van der Waals surface area contributed by atoms with Gasteiger partial charge in [0, 0.05) is 37.8 Å². The summed E-state index contributed by atoms with van der Waals surface area (Å²) < 4.78 is 1.74. The topological polar surface area (TPSA) is 78.7 Å². The molecule has 3 heterocycles. The van der Waals surface area contributed by atoms with Crippen LogP contribution in [0.2, 0.25) is 0 Å². The molecule has 2 aliphatic heterocycles. The van der Waals surface area contributed by atoms with E-state index in [9.17, 15) is 14.7 Å². The molecule has 1 atom stereocenters. The third-order valence-corrected chi connectivity index (χ3v) is 6.45. The highest BCUT2D eigenvalue weighted by Gasteiger charge is 2.35. The van der Waals surface area contributed by atoms with Crippen molar-refractivity contribution >= 4 is 5.91 Å². The number of aromatic nitrogens is 2. The second-order valence-corrected chi connectivity index (χ2v) is 8.75. The normalized spacial score (nSPS) is 24.9. The van der Waals surface area contributed by atoms with Crippen LogP contribution in [0.3, 0.4) is 0 Å². The number of likely N-dealkylation sites (tertiary alicyclic amines) is 2. The molecule has 2 aliphatic rings. The number of rotatable bonds is 4. The zero-order valence-corrected chi connectivity index (χ0v) is 17.5. The molecule has 1 N–H and O–H groups in total. The van der Waals surface area contributed by atoms with Crippen LogP contribution < -0.4 is 5.56 Å². The first kappa shape index (κ1) is 21.0. The van der Waals surface area contributed by atoms with E-state index in [0.717, 1.165) is 63.0 Å². The van der Waals surface area contributed by atoms with Gasteiger partial charge in [0.15, 0.2) is 0 Å². The molecule has 0 radical (unpaired) electrons. The number of hydrogen-bond donors (Lipinski definition) is 1. The number of aryl methyl sites for hydroxylation is 1. The van der Waals surface area contributed by atoms with Crippen LogP contribution in [0.15, 0.2) is 11.1 Å². The van der Waals surface area contributed by atoms with Crippen LogP contribution in [0.1, 0.15) is 50.3 Å². The standard InChI is InChI=1S/C21H34N4O3/c1-16-17(2)22-15-25(20(16)27)12-19-6-10-23(11-7-19)13-21(28)8-4-5-9-24(14-21)18(3)26/h15,19,28H,4-14H2,1-3H3. The van der Waals surface area contributed by atoms with Crippen molar-refractivity contribution in [3.8, 4) is 0 Å². The first-order valence-electron chi connectivity index (χ1n) is 10.5. The van der Waals surface area contributed by atoms with Gasteiger partial charge in [-0.05, 0) is 65.0 Å². The molecule has 1 unspecified atom stereocenters. The lowest BCUT2D eigenvalue weighted by molar-refractivity contribution is -0.132. The second kappa shape index (κ2) is 8.74. The molecule has 0 spiro atoms. The number of carbonyl (C=O) groups is 1. The minimum Gasteiger partial charge on any atom is -0.387 e. The number of nitrogens with zero attached hydrogens (tertiary/aromatic N) is 4. The maximum absolute atomic E-state index is 12.4. The molecule has 3 rings (SSSR count). The van der Waals surface area contributed by atoms with Gasteiger partial charge >= 0.3 is 0 Å². The average molecular weight is 391 g/mol. The van der Waals surface area contributed by atoms with Crippen molar-refractivity contribution in [2.24, 2.45) is 5.92 Å². The van der Waals surface area contributed by atoms with Crippen molar-refractivity contribution in [2.45, 2.75) is 65.0 Å². The van der Waals surface area contributed by atoms with Gasteiger partial charge in [0.05, 0.1) is 18.5 Å². The van der Waals surface area contributed by atoms with Crippen LogP contribution in [-0.2, 0) is 11.3 Å². The van der Waals surface area contributed by atoms with Crippen LogP contribution in [0.5, 0.6) is 0 Å². The fourth-order valence-electron chi connectivity index (χ4n) is 4.50. The number of β-amino-alcohol motifs (C(OH)–C–C–N with tert-alkyl or cyclic N) is 1. The van der Waals surface area contributed by atoms with Crippen molar-refractivity contribution in [2.75, 3.05) is 32.7 Å². The summed E-state index contributed by atoms with van der Waals surface area (Å²) in [5, 5.41) is 11.1. The lowest BCUT2D eigenvalue weighted by atomic mass is 9.92. The Labute approximate surface area is 167 Å². The fourth-order valence-corrected chi connectivity index (χ4v) is 4.50. The molecule has 7 nitrogen and oxygen atoms in total. The molecule has 156 valence electrons. The Bertz CT molecular complexity index is 755. The Morgan fingerprint density at radius 2 is 1.96 bits per heavy atom. The van der Waals surface area contributed by atoms with Crippen LogP contribution in [0.4, 0.5) is 0 Å². The van der Waals surface area contributed by atoms with E-state index < -0.39 is 5.60 Å². The summed E-state index contributed by atoms with van der Waals surface area (Å²) in [6.07, 6.45) is 6.35. The van der Waals surface area contributed by atoms with Gasteiger partial charge in [-0.3, -0.25) is 14.2 Å². The molecule has 0 aromatic carbocycles. The molecule has 1 aromatic rings. The van der Waals surface area contributed by atoms with Crippen LogP contribution in [0, 0.1) is 19.8 Å². The summed E-state index contributed by atoms with van der Waals surface area (Å²) in [5.41, 5.74) is 0.772. The van der Waals surface area contributed by atoms with Gasteiger partial charge in [0.1, 0.15) is 0 Å². The molecule has 0 aliphatic carbocycles. The van der Waals surface area contributed by atoms with Crippen LogP contribution in [-0.4, -0.2) is 68.7 Å². The average Bonchev–Trinajstić information content (AvgIpc) is 2.85. The van der Waals surface area contributed by atoms with Gasteiger partial charge < -0.3 is 14.9 Å². The van der Waals surface area contributed by atoms with E-state index in [1.165, 1.54) is 0 Å². The summed E-state index contributed by atoms with van der Waals surface area (Å²) in [6.45, 7) is 9.63. The van der Waals surface area contributed by atoms with E-state index >= 15 is 0 Å². The van der Waals surface area contributed by atoms with Gasteiger partial charge in [-0.1, -0.05) is 0 Å². The minimum absolute atomic E-state index is 0.0477. The molecular formula is C21H34N4O3. The van der Waals surface area contributed by atoms with Crippen molar-refractivity contribution in [1.29, 1.82) is 0 Å². The number of amides is 1. The third-order valence-electron chi connectivity index (χ3n) is 6.45. The first-order valence-corrected chi connectivity index (χ1v) is 10.5. The van der Waals surface area contributed by atoms with E-state index in [1.807, 2.05) is 13.8 Å². The number of hydrogen-bond acceptors (Lipinski definition) is 5. The number of carbonyl (C=O) groups excluding carboxylic acids is 1. The molecule has 2 saturated heterocycles. The molecular weight excluding hydrogens is 356 g/mol. The smallest absolute Gasteiger partial charge is 0.256 e. The highest BCUT2D eigenvalue weighted by atomic mass is 16.3. The van der Waals surface area contributed by atoms with Crippen molar-refractivity contribution in [1.82, 2.24) is 19.4 Å². The lowest BCUT2D eigenvalue weighted by Crippen LogP contribution is -2.52. The summed E-state index contributed by atoms with van der Waals surface area (Å²) in [4.78, 5) is 32.6.